The van der Waals surface area contributed by atoms with Crippen LogP contribution >= 0.6 is 0 Å². The molecule has 0 aliphatic rings. The van der Waals surface area contributed by atoms with Gasteiger partial charge >= 0.3 is 5.97 Å². The molecule has 5 nitrogen and oxygen atoms in total. The Balaban J connectivity index is 1.96. The van der Waals surface area contributed by atoms with E-state index < -0.39 is 12.1 Å². The van der Waals surface area contributed by atoms with Gasteiger partial charge in [0.25, 0.3) is 0 Å². The van der Waals surface area contributed by atoms with Crippen LogP contribution in [0.3, 0.4) is 0 Å². The van der Waals surface area contributed by atoms with E-state index in [1.807, 2.05) is 13.0 Å². The summed E-state index contributed by atoms with van der Waals surface area (Å²) in [5.74, 6) is -0.774. The molecule has 1 N–H and O–H groups in total. The van der Waals surface area contributed by atoms with Gasteiger partial charge < -0.3 is 14.6 Å². The molecule has 1 atom stereocenters. The third kappa shape index (κ3) is 5.58. The zero-order valence-corrected chi connectivity index (χ0v) is 14.8. The summed E-state index contributed by atoms with van der Waals surface area (Å²) < 4.78 is 24.7. The van der Waals surface area contributed by atoms with Gasteiger partial charge in [-0.05, 0) is 48.7 Å². The molecule has 0 bridgehead atoms. The van der Waals surface area contributed by atoms with Crippen LogP contribution in [0.15, 0.2) is 48.4 Å². The van der Waals surface area contributed by atoms with Crippen LogP contribution < -0.4 is 4.74 Å². The van der Waals surface area contributed by atoms with Crippen molar-refractivity contribution in [3.8, 4) is 5.75 Å². The maximum atomic E-state index is 14.2. The Bertz CT molecular complexity index is 741. The number of halogens is 1. The van der Waals surface area contributed by atoms with Crippen LogP contribution in [0.2, 0.25) is 0 Å². The molecule has 0 spiro atoms. The average molecular weight is 359 g/mol. The fraction of sp³-hybridized carbons (Fsp3) is 0.300. The number of ether oxygens (including phenoxy) is 2. The SMILES string of the molecule is CCO/C(=C\c1ccc(OC[C@@H](F)c2ccc(CC)cn2)cc1)C(=O)O. The van der Waals surface area contributed by atoms with E-state index in [0.717, 1.165) is 12.0 Å². The Labute approximate surface area is 152 Å². The zero-order valence-electron chi connectivity index (χ0n) is 14.8. The van der Waals surface area contributed by atoms with Gasteiger partial charge in [-0.25, -0.2) is 9.18 Å². The largest absolute Gasteiger partial charge is 0.490 e. The van der Waals surface area contributed by atoms with Gasteiger partial charge in [0.05, 0.1) is 12.3 Å². The lowest BCUT2D eigenvalue weighted by Crippen LogP contribution is -2.07. The molecular formula is C20H22FNO4. The highest BCUT2D eigenvalue weighted by atomic mass is 19.1. The predicted molar refractivity (Wildman–Crippen MR) is 96.6 cm³/mol. The zero-order chi connectivity index (χ0) is 18.9. The Hall–Kier alpha value is -2.89. The quantitative estimate of drug-likeness (QED) is 0.537. The summed E-state index contributed by atoms with van der Waals surface area (Å²) in [4.78, 5) is 15.2. The first-order valence-electron chi connectivity index (χ1n) is 8.43. The van der Waals surface area contributed by atoms with Gasteiger partial charge in [0.1, 0.15) is 12.4 Å². The summed E-state index contributed by atoms with van der Waals surface area (Å²) in [5.41, 5.74) is 2.04. The minimum Gasteiger partial charge on any atom is -0.490 e. The van der Waals surface area contributed by atoms with Crippen molar-refractivity contribution in [2.45, 2.75) is 26.4 Å². The smallest absolute Gasteiger partial charge is 0.371 e. The third-order valence-electron chi connectivity index (χ3n) is 3.66. The molecule has 1 heterocycles. The summed E-state index contributed by atoms with van der Waals surface area (Å²) in [6, 6.07) is 10.2. The van der Waals surface area contributed by atoms with Gasteiger partial charge in [-0.2, -0.15) is 0 Å². The van der Waals surface area contributed by atoms with Crippen molar-refractivity contribution in [3.05, 3.63) is 65.2 Å². The van der Waals surface area contributed by atoms with E-state index >= 15 is 0 Å². The number of aryl methyl sites for hydroxylation is 1. The molecule has 0 fully saturated rings. The van der Waals surface area contributed by atoms with Gasteiger partial charge in [-0.3, -0.25) is 4.98 Å². The number of carboxylic acid groups (broad SMARTS) is 1. The normalized spacial score (nSPS) is 12.5. The number of nitrogens with zero attached hydrogens (tertiary/aromatic N) is 1. The molecule has 0 radical (unpaired) electrons. The van der Waals surface area contributed by atoms with E-state index in [1.54, 1.807) is 43.5 Å². The number of carboxylic acids is 1. The van der Waals surface area contributed by atoms with Crippen molar-refractivity contribution < 1.29 is 23.8 Å². The molecule has 2 rings (SSSR count). The first kappa shape index (κ1) is 19.4. The number of rotatable bonds is 9. The van der Waals surface area contributed by atoms with Crippen molar-refractivity contribution >= 4 is 12.0 Å². The highest BCUT2D eigenvalue weighted by Gasteiger charge is 2.12. The number of aromatic nitrogens is 1. The molecule has 0 unspecified atom stereocenters. The Kier molecular flexibility index (Phi) is 7.14. The Morgan fingerprint density at radius 2 is 1.96 bits per heavy atom. The first-order chi connectivity index (χ1) is 12.5. The maximum absolute atomic E-state index is 14.2. The molecule has 26 heavy (non-hydrogen) atoms. The van der Waals surface area contributed by atoms with E-state index in [9.17, 15) is 9.18 Å². The molecule has 2 aromatic rings. The number of hydrogen-bond donors (Lipinski definition) is 1. The Morgan fingerprint density at radius 3 is 2.50 bits per heavy atom. The van der Waals surface area contributed by atoms with Crippen LogP contribution in [0, 0.1) is 0 Å². The fourth-order valence-electron chi connectivity index (χ4n) is 2.22. The van der Waals surface area contributed by atoms with E-state index in [-0.39, 0.29) is 19.0 Å². The van der Waals surface area contributed by atoms with Gasteiger partial charge in [0.2, 0.25) is 5.76 Å². The molecule has 6 heteroatoms. The minimum absolute atomic E-state index is 0.133. The number of carbonyl (C=O) groups is 1. The molecule has 138 valence electrons. The van der Waals surface area contributed by atoms with Crippen LogP contribution in [0.5, 0.6) is 5.75 Å². The van der Waals surface area contributed by atoms with Gasteiger partial charge in [-0.1, -0.05) is 25.1 Å². The third-order valence-corrected chi connectivity index (χ3v) is 3.66. The van der Waals surface area contributed by atoms with E-state index in [2.05, 4.69) is 4.98 Å². The molecule has 0 saturated carbocycles. The van der Waals surface area contributed by atoms with Gasteiger partial charge in [0, 0.05) is 6.20 Å². The monoisotopic (exact) mass is 359 g/mol. The number of hydrogen-bond acceptors (Lipinski definition) is 4. The van der Waals surface area contributed by atoms with E-state index in [4.69, 9.17) is 14.6 Å². The summed E-state index contributed by atoms with van der Waals surface area (Å²) in [5, 5.41) is 9.04. The van der Waals surface area contributed by atoms with Crippen LogP contribution in [0.1, 0.15) is 36.8 Å². The standard InChI is InChI=1S/C20H22FNO4/c1-3-14-7-10-18(22-12-14)17(21)13-26-16-8-5-15(6-9-16)11-19(20(23)24)25-4-2/h5-12,17H,3-4,13H2,1-2H3,(H,23,24)/b19-11-/t17-/m1/s1. The second-order valence-electron chi connectivity index (χ2n) is 5.54. The van der Waals surface area contributed by atoms with E-state index in [0.29, 0.717) is 17.0 Å². The first-order valence-corrected chi connectivity index (χ1v) is 8.43. The summed E-state index contributed by atoms with van der Waals surface area (Å²) in [6.07, 6.45) is 2.62. The second-order valence-corrected chi connectivity index (χ2v) is 5.54. The Morgan fingerprint density at radius 1 is 1.23 bits per heavy atom. The second kappa shape index (κ2) is 9.56. The number of aliphatic carboxylic acids is 1. The average Bonchev–Trinajstić information content (AvgIpc) is 2.66. The van der Waals surface area contributed by atoms with Crippen molar-refractivity contribution in [1.82, 2.24) is 4.98 Å². The molecule has 0 saturated heterocycles. The van der Waals surface area contributed by atoms with Gasteiger partial charge in [0.15, 0.2) is 6.17 Å². The molecule has 0 aliphatic carbocycles. The molecular weight excluding hydrogens is 337 g/mol. The van der Waals surface area contributed by atoms with Crippen molar-refractivity contribution in [2.75, 3.05) is 13.2 Å². The number of alkyl halides is 1. The lowest BCUT2D eigenvalue weighted by Gasteiger charge is -2.11. The van der Waals surface area contributed by atoms with Gasteiger partial charge in [-0.15, -0.1) is 0 Å². The van der Waals surface area contributed by atoms with Crippen molar-refractivity contribution in [3.63, 3.8) is 0 Å². The van der Waals surface area contributed by atoms with Crippen LogP contribution in [0.25, 0.3) is 6.08 Å². The molecule has 0 amide bonds. The van der Waals surface area contributed by atoms with Crippen LogP contribution in [-0.4, -0.2) is 29.3 Å². The minimum atomic E-state index is -1.32. The summed E-state index contributed by atoms with van der Waals surface area (Å²) >= 11 is 0. The van der Waals surface area contributed by atoms with E-state index in [1.165, 1.54) is 6.08 Å². The topological polar surface area (TPSA) is 68.7 Å². The highest BCUT2D eigenvalue weighted by Crippen LogP contribution is 2.20. The van der Waals surface area contributed by atoms with Crippen molar-refractivity contribution in [2.24, 2.45) is 0 Å². The molecule has 1 aromatic carbocycles. The fourth-order valence-corrected chi connectivity index (χ4v) is 2.22. The highest BCUT2D eigenvalue weighted by molar-refractivity contribution is 5.89. The number of pyridine rings is 1. The van der Waals surface area contributed by atoms with Crippen LogP contribution in [0.4, 0.5) is 4.39 Å². The maximum Gasteiger partial charge on any atom is 0.371 e. The molecule has 1 aromatic heterocycles. The molecule has 0 aliphatic heterocycles. The number of benzene rings is 1. The summed E-state index contributed by atoms with van der Waals surface area (Å²) in [7, 11) is 0. The lowest BCUT2D eigenvalue weighted by atomic mass is 10.2. The lowest BCUT2D eigenvalue weighted by molar-refractivity contribution is -0.136. The van der Waals surface area contributed by atoms with Crippen LogP contribution in [-0.2, 0) is 16.0 Å². The predicted octanol–water partition coefficient (Wildman–Crippen LogP) is 4.20. The summed E-state index contributed by atoms with van der Waals surface area (Å²) in [6.45, 7) is 3.85. The van der Waals surface area contributed by atoms with Crippen molar-refractivity contribution in [1.29, 1.82) is 0 Å².